The molecule has 0 aliphatic rings. The number of nitrogens with two attached hydrogens (primary N) is 1. The zero-order valence-electron chi connectivity index (χ0n) is 19.6. The highest BCUT2D eigenvalue weighted by Crippen LogP contribution is 2.31. The largest absolute Gasteiger partial charge is 0.468 e. The summed E-state index contributed by atoms with van der Waals surface area (Å²) in [4.78, 5) is 31.0. The SMILES string of the molecule is CN=CC(=C(C)N)n1c(=O)n(C)c2cnc3ccc(-c4cnc5c(c4)nc(OC)n5C)cc3c21. The molecule has 0 aliphatic heterocycles. The highest BCUT2D eigenvalue weighted by atomic mass is 16.5. The molecule has 0 atom stereocenters. The Balaban J connectivity index is 1.82. The minimum atomic E-state index is -0.224. The lowest BCUT2D eigenvalue weighted by atomic mass is 10.0. The average Bonchev–Trinajstić information content (AvgIpc) is 3.30. The van der Waals surface area contributed by atoms with Crippen LogP contribution in [0.5, 0.6) is 6.01 Å². The van der Waals surface area contributed by atoms with Crippen molar-refractivity contribution in [1.29, 1.82) is 0 Å². The van der Waals surface area contributed by atoms with Crippen LogP contribution in [0, 0.1) is 0 Å². The van der Waals surface area contributed by atoms with Gasteiger partial charge in [0.15, 0.2) is 5.65 Å². The molecule has 0 radical (unpaired) electrons. The normalized spacial score (nSPS) is 12.9. The van der Waals surface area contributed by atoms with E-state index in [2.05, 4.69) is 19.9 Å². The van der Waals surface area contributed by atoms with E-state index in [9.17, 15) is 4.79 Å². The van der Waals surface area contributed by atoms with Crippen molar-refractivity contribution < 1.29 is 4.74 Å². The Morgan fingerprint density at radius 2 is 1.88 bits per heavy atom. The average molecular weight is 457 g/mol. The van der Waals surface area contributed by atoms with E-state index < -0.39 is 0 Å². The lowest BCUT2D eigenvalue weighted by Crippen LogP contribution is -2.23. The molecule has 0 saturated heterocycles. The predicted octanol–water partition coefficient (Wildman–Crippen LogP) is 2.69. The van der Waals surface area contributed by atoms with E-state index in [1.54, 1.807) is 60.4 Å². The molecule has 0 saturated carbocycles. The van der Waals surface area contributed by atoms with Crippen molar-refractivity contribution in [3.8, 4) is 17.1 Å². The summed E-state index contributed by atoms with van der Waals surface area (Å²) in [6.45, 7) is 1.75. The van der Waals surface area contributed by atoms with Gasteiger partial charge in [0, 0.05) is 50.2 Å². The first-order valence-electron chi connectivity index (χ1n) is 10.6. The first-order valence-corrected chi connectivity index (χ1v) is 10.6. The molecule has 10 nitrogen and oxygen atoms in total. The zero-order valence-corrected chi connectivity index (χ0v) is 19.6. The third-order valence-electron chi connectivity index (χ3n) is 5.96. The number of hydrogen-bond acceptors (Lipinski definition) is 7. The minimum Gasteiger partial charge on any atom is -0.468 e. The third-order valence-corrected chi connectivity index (χ3v) is 5.96. The fourth-order valence-corrected chi connectivity index (χ4v) is 4.25. The summed E-state index contributed by atoms with van der Waals surface area (Å²) >= 11 is 0. The van der Waals surface area contributed by atoms with Gasteiger partial charge in [0.25, 0.3) is 6.01 Å². The van der Waals surface area contributed by atoms with Crippen molar-refractivity contribution in [2.45, 2.75) is 6.92 Å². The molecule has 0 aliphatic carbocycles. The van der Waals surface area contributed by atoms with E-state index in [4.69, 9.17) is 10.5 Å². The summed E-state index contributed by atoms with van der Waals surface area (Å²) < 4.78 is 10.3. The van der Waals surface area contributed by atoms with Gasteiger partial charge in [0.1, 0.15) is 5.52 Å². The first-order chi connectivity index (χ1) is 16.3. The van der Waals surface area contributed by atoms with Crippen LogP contribution in [0.25, 0.3) is 49.9 Å². The second-order valence-electron chi connectivity index (χ2n) is 8.08. The van der Waals surface area contributed by atoms with Crippen molar-refractivity contribution in [3.63, 3.8) is 0 Å². The zero-order chi connectivity index (χ0) is 24.1. The predicted molar refractivity (Wildman–Crippen MR) is 134 cm³/mol. The van der Waals surface area contributed by atoms with Gasteiger partial charge in [-0.05, 0) is 30.7 Å². The van der Waals surface area contributed by atoms with Crippen LogP contribution in [-0.2, 0) is 14.1 Å². The van der Waals surface area contributed by atoms with Crippen LogP contribution in [-0.4, -0.2) is 49.0 Å². The lowest BCUT2D eigenvalue weighted by Gasteiger charge is -2.09. The Labute approximate surface area is 194 Å². The Bertz CT molecular complexity index is 1710. The van der Waals surface area contributed by atoms with Gasteiger partial charge in [0.05, 0.1) is 35.6 Å². The second-order valence-corrected chi connectivity index (χ2v) is 8.08. The van der Waals surface area contributed by atoms with Crippen LogP contribution < -0.4 is 16.2 Å². The number of fused-ring (bicyclic) bond motifs is 4. The summed E-state index contributed by atoms with van der Waals surface area (Å²) in [6.07, 6.45) is 5.10. The fraction of sp³-hybridized carbons (Fsp3) is 0.208. The van der Waals surface area contributed by atoms with Gasteiger partial charge in [-0.15, -0.1) is 0 Å². The number of aromatic nitrogens is 6. The van der Waals surface area contributed by atoms with E-state index in [1.165, 1.54) is 0 Å². The van der Waals surface area contributed by atoms with Crippen molar-refractivity contribution in [3.05, 3.63) is 52.8 Å². The number of nitrogens with zero attached hydrogens (tertiary/aromatic N) is 7. The molecule has 0 spiro atoms. The minimum absolute atomic E-state index is 0.224. The maximum absolute atomic E-state index is 13.2. The maximum Gasteiger partial charge on any atom is 0.333 e. The molecule has 1 aromatic carbocycles. The van der Waals surface area contributed by atoms with Gasteiger partial charge in [-0.3, -0.25) is 23.7 Å². The summed E-state index contributed by atoms with van der Waals surface area (Å²) in [5.41, 5.74) is 12.4. The summed E-state index contributed by atoms with van der Waals surface area (Å²) in [6, 6.07) is 8.38. The molecule has 2 N–H and O–H groups in total. The number of aryl methyl sites for hydroxylation is 2. The molecule has 0 amide bonds. The number of hydrogen-bond donors (Lipinski definition) is 1. The standard InChI is InChI=1S/C24H24N8O2/c1-13(25)19(11-26-2)32-21-16-8-14(6-7-17(16)27-12-20(21)30(3)24(32)33)15-9-18-22(28-10-15)31(4)23(29-18)34-5/h6-12H,25H2,1-5H3. The van der Waals surface area contributed by atoms with Crippen molar-refractivity contribution in [1.82, 2.24) is 28.7 Å². The summed E-state index contributed by atoms with van der Waals surface area (Å²) in [7, 11) is 6.81. The molecule has 4 heterocycles. The molecular weight excluding hydrogens is 432 g/mol. The highest BCUT2D eigenvalue weighted by Gasteiger charge is 2.19. The number of pyridine rings is 2. The highest BCUT2D eigenvalue weighted by molar-refractivity contribution is 6.11. The molecule has 0 bridgehead atoms. The number of ether oxygens (including phenoxy) is 1. The van der Waals surface area contributed by atoms with Gasteiger partial charge < -0.3 is 10.5 Å². The Morgan fingerprint density at radius 1 is 1.09 bits per heavy atom. The van der Waals surface area contributed by atoms with Gasteiger partial charge in [-0.1, -0.05) is 6.07 Å². The number of methoxy groups -OCH3 is 1. The van der Waals surface area contributed by atoms with Crippen LogP contribution in [0.15, 0.2) is 52.1 Å². The number of rotatable bonds is 4. The maximum atomic E-state index is 13.2. The molecule has 4 aromatic heterocycles. The second kappa shape index (κ2) is 7.84. The van der Waals surface area contributed by atoms with E-state index in [0.717, 1.165) is 33.2 Å². The van der Waals surface area contributed by atoms with Gasteiger partial charge in [-0.2, -0.15) is 4.98 Å². The van der Waals surface area contributed by atoms with Crippen molar-refractivity contribution in [2.24, 2.45) is 24.8 Å². The van der Waals surface area contributed by atoms with Crippen LogP contribution >= 0.6 is 0 Å². The summed E-state index contributed by atoms with van der Waals surface area (Å²) in [5.74, 6) is 0. The number of allylic oxidation sites excluding steroid dienone is 2. The van der Waals surface area contributed by atoms with Gasteiger partial charge >= 0.3 is 5.69 Å². The molecule has 0 fully saturated rings. The molecule has 34 heavy (non-hydrogen) atoms. The smallest absolute Gasteiger partial charge is 0.333 e. The molecule has 10 heteroatoms. The Kier molecular flexibility index (Phi) is 4.93. The molecule has 5 rings (SSSR count). The van der Waals surface area contributed by atoms with E-state index in [-0.39, 0.29) is 5.69 Å². The monoisotopic (exact) mass is 456 g/mol. The first kappa shape index (κ1) is 21.4. The van der Waals surface area contributed by atoms with Gasteiger partial charge in [-0.25, -0.2) is 9.78 Å². The summed E-state index contributed by atoms with van der Waals surface area (Å²) in [5, 5.41) is 0.814. The van der Waals surface area contributed by atoms with Crippen LogP contribution in [0.4, 0.5) is 0 Å². The van der Waals surface area contributed by atoms with E-state index in [0.29, 0.717) is 28.4 Å². The van der Waals surface area contributed by atoms with Gasteiger partial charge in [0.2, 0.25) is 0 Å². The topological polar surface area (TPSA) is 118 Å². The lowest BCUT2D eigenvalue weighted by molar-refractivity contribution is 0.368. The molecule has 0 unspecified atom stereocenters. The number of imidazole rings is 2. The van der Waals surface area contributed by atoms with Crippen molar-refractivity contribution in [2.75, 3.05) is 14.2 Å². The van der Waals surface area contributed by atoms with Crippen LogP contribution in [0.2, 0.25) is 0 Å². The quantitative estimate of drug-likeness (QED) is 0.416. The fourth-order valence-electron chi connectivity index (χ4n) is 4.25. The van der Waals surface area contributed by atoms with Crippen LogP contribution in [0.3, 0.4) is 0 Å². The Morgan fingerprint density at radius 3 is 2.59 bits per heavy atom. The van der Waals surface area contributed by atoms with Crippen LogP contribution in [0.1, 0.15) is 6.92 Å². The third kappa shape index (κ3) is 3.06. The molecule has 5 aromatic rings. The van der Waals surface area contributed by atoms with E-state index in [1.807, 2.05) is 31.3 Å². The number of benzene rings is 1. The molecule has 172 valence electrons. The van der Waals surface area contributed by atoms with Crippen molar-refractivity contribution >= 4 is 45.0 Å². The van der Waals surface area contributed by atoms with E-state index >= 15 is 0 Å². The number of aliphatic imine (C=N–C) groups is 1. The molecular formula is C24H24N8O2. The Hall–Kier alpha value is -4.47.